The van der Waals surface area contributed by atoms with Crippen LogP contribution in [0.15, 0.2) is 29.2 Å². The molecule has 0 aliphatic carbocycles. The zero-order chi connectivity index (χ0) is 11.1. The molecule has 0 heterocycles. The third kappa shape index (κ3) is 5.09. The molecule has 1 aromatic rings. The lowest BCUT2D eigenvalue weighted by molar-refractivity contribution is 0.211. The van der Waals surface area contributed by atoms with E-state index in [1.54, 1.807) is 7.11 Å². The van der Waals surface area contributed by atoms with Crippen LogP contribution in [-0.4, -0.2) is 25.5 Å². The highest BCUT2D eigenvalue weighted by Gasteiger charge is 1.98. The Morgan fingerprint density at radius 2 is 1.93 bits per heavy atom. The van der Waals surface area contributed by atoms with E-state index in [1.165, 1.54) is 4.90 Å². The minimum atomic E-state index is 0.636. The molecule has 0 amide bonds. The summed E-state index contributed by atoms with van der Waals surface area (Å²) >= 11 is 1.88. The molecule has 1 N–H and O–H groups in total. The van der Waals surface area contributed by atoms with Crippen LogP contribution >= 0.6 is 11.8 Å². The maximum Gasteiger partial charge on any atom is 0.0635 e. The van der Waals surface area contributed by atoms with Gasteiger partial charge in [-0.15, -0.1) is 11.8 Å². The molecule has 0 bridgehead atoms. The van der Waals surface area contributed by atoms with Crippen molar-refractivity contribution >= 4 is 17.4 Å². The Morgan fingerprint density at radius 1 is 1.27 bits per heavy atom. The minimum absolute atomic E-state index is 0.636. The van der Waals surface area contributed by atoms with Crippen LogP contribution in [0.25, 0.3) is 0 Å². The monoisotopic (exact) mass is 225 g/mol. The lowest BCUT2D eigenvalue weighted by Gasteiger charge is -2.08. The van der Waals surface area contributed by atoms with Crippen molar-refractivity contribution in [2.45, 2.75) is 24.0 Å². The van der Waals surface area contributed by atoms with E-state index in [4.69, 9.17) is 4.74 Å². The number of anilines is 1. The fourth-order valence-corrected chi connectivity index (χ4v) is 2.06. The number of rotatable bonds is 6. The predicted octanol–water partition coefficient (Wildman–Crippen LogP) is 3.25. The summed E-state index contributed by atoms with van der Waals surface area (Å²) in [6.07, 6.45) is 0. The van der Waals surface area contributed by atoms with Gasteiger partial charge in [0.1, 0.15) is 0 Å². The summed E-state index contributed by atoms with van der Waals surface area (Å²) in [6, 6.07) is 8.53. The second kappa shape index (κ2) is 6.75. The second-order valence-corrected chi connectivity index (χ2v) is 5.26. The molecule has 84 valence electrons. The van der Waals surface area contributed by atoms with Crippen molar-refractivity contribution in [2.24, 2.45) is 0 Å². The van der Waals surface area contributed by atoms with Crippen molar-refractivity contribution in [2.75, 3.05) is 25.6 Å². The number of hydrogen-bond acceptors (Lipinski definition) is 3. The molecule has 0 unspecified atom stereocenters. The van der Waals surface area contributed by atoms with E-state index in [2.05, 4.69) is 43.4 Å². The van der Waals surface area contributed by atoms with E-state index < -0.39 is 0 Å². The molecule has 0 atom stereocenters. The molecule has 2 nitrogen and oxygen atoms in total. The van der Waals surface area contributed by atoms with Crippen molar-refractivity contribution < 1.29 is 4.74 Å². The highest BCUT2D eigenvalue weighted by molar-refractivity contribution is 7.99. The molecule has 0 aliphatic heterocycles. The summed E-state index contributed by atoms with van der Waals surface area (Å²) in [7, 11) is 1.71. The number of nitrogens with one attached hydrogen (secondary N) is 1. The zero-order valence-corrected chi connectivity index (χ0v) is 10.4. The van der Waals surface area contributed by atoms with Crippen molar-refractivity contribution in [1.29, 1.82) is 0 Å². The fraction of sp³-hybridized carbons (Fsp3) is 0.500. The van der Waals surface area contributed by atoms with Gasteiger partial charge in [-0.2, -0.15) is 0 Å². The summed E-state index contributed by atoms with van der Waals surface area (Å²) < 4.78 is 4.97. The summed E-state index contributed by atoms with van der Waals surface area (Å²) in [6.45, 7) is 6.00. The Balaban J connectivity index is 2.42. The first-order chi connectivity index (χ1) is 7.22. The van der Waals surface area contributed by atoms with Crippen LogP contribution < -0.4 is 5.32 Å². The van der Waals surface area contributed by atoms with Gasteiger partial charge in [0.25, 0.3) is 0 Å². The molecule has 0 spiro atoms. The predicted molar refractivity (Wildman–Crippen MR) is 67.8 cm³/mol. The topological polar surface area (TPSA) is 21.3 Å². The van der Waals surface area contributed by atoms with Gasteiger partial charge in [-0.3, -0.25) is 0 Å². The molecular weight excluding hydrogens is 206 g/mol. The van der Waals surface area contributed by atoms with Crippen molar-refractivity contribution in [1.82, 2.24) is 0 Å². The van der Waals surface area contributed by atoms with E-state index in [0.717, 1.165) is 18.8 Å². The van der Waals surface area contributed by atoms with Gasteiger partial charge in [0.15, 0.2) is 0 Å². The average molecular weight is 225 g/mol. The van der Waals surface area contributed by atoms with E-state index in [0.29, 0.717) is 5.25 Å². The maximum atomic E-state index is 4.97. The van der Waals surface area contributed by atoms with Crippen LogP contribution in [0.3, 0.4) is 0 Å². The van der Waals surface area contributed by atoms with Gasteiger partial charge in [-0.25, -0.2) is 0 Å². The molecule has 0 fully saturated rings. The summed E-state index contributed by atoms with van der Waals surface area (Å²) in [5.41, 5.74) is 1.15. The molecule has 1 aromatic carbocycles. The van der Waals surface area contributed by atoms with E-state index in [-0.39, 0.29) is 0 Å². The lowest BCUT2D eigenvalue weighted by Crippen LogP contribution is -2.07. The Bertz CT molecular complexity index is 271. The van der Waals surface area contributed by atoms with Crippen molar-refractivity contribution in [3.63, 3.8) is 0 Å². The van der Waals surface area contributed by atoms with Crippen LogP contribution in [0.5, 0.6) is 0 Å². The summed E-state index contributed by atoms with van der Waals surface area (Å²) in [5.74, 6) is 0. The molecule has 3 heteroatoms. The van der Waals surface area contributed by atoms with Gasteiger partial charge in [-0.05, 0) is 24.3 Å². The Morgan fingerprint density at radius 3 is 2.47 bits per heavy atom. The molecule has 1 rings (SSSR count). The fourth-order valence-electron chi connectivity index (χ4n) is 1.22. The van der Waals surface area contributed by atoms with Crippen LogP contribution in [0.2, 0.25) is 0 Å². The van der Waals surface area contributed by atoms with Gasteiger partial charge in [-0.1, -0.05) is 13.8 Å². The number of methoxy groups -OCH3 is 1. The molecular formula is C12H19NOS. The van der Waals surface area contributed by atoms with E-state index >= 15 is 0 Å². The van der Waals surface area contributed by atoms with Crippen LogP contribution in [0.4, 0.5) is 5.69 Å². The van der Waals surface area contributed by atoms with Gasteiger partial charge >= 0.3 is 0 Å². The Hall–Kier alpha value is -0.670. The molecule has 0 radical (unpaired) electrons. The van der Waals surface area contributed by atoms with Crippen molar-refractivity contribution in [3.8, 4) is 0 Å². The first-order valence-electron chi connectivity index (χ1n) is 5.22. The average Bonchev–Trinajstić information content (AvgIpc) is 2.20. The van der Waals surface area contributed by atoms with Gasteiger partial charge in [0.05, 0.1) is 6.61 Å². The lowest BCUT2D eigenvalue weighted by atomic mass is 10.3. The Kier molecular flexibility index (Phi) is 5.58. The first-order valence-corrected chi connectivity index (χ1v) is 6.10. The normalized spacial score (nSPS) is 10.7. The highest BCUT2D eigenvalue weighted by Crippen LogP contribution is 2.23. The molecule has 0 saturated carbocycles. The first kappa shape index (κ1) is 12.4. The number of thioether (sulfide) groups is 1. The van der Waals surface area contributed by atoms with E-state index in [1.807, 2.05) is 11.8 Å². The number of benzene rings is 1. The third-order valence-corrected chi connectivity index (χ3v) is 2.88. The summed E-state index contributed by atoms with van der Waals surface area (Å²) in [4.78, 5) is 1.32. The standard InChI is InChI=1S/C12H19NOS/c1-10(2)15-12-6-4-11(5-7-12)13-8-9-14-3/h4-7,10,13H,8-9H2,1-3H3. The zero-order valence-electron chi connectivity index (χ0n) is 9.62. The highest BCUT2D eigenvalue weighted by atomic mass is 32.2. The minimum Gasteiger partial charge on any atom is -0.383 e. The smallest absolute Gasteiger partial charge is 0.0635 e. The number of hydrogen-bond donors (Lipinski definition) is 1. The van der Waals surface area contributed by atoms with Gasteiger partial charge in [0.2, 0.25) is 0 Å². The Labute approximate surface area is 96.4 Å². The second-order valence-electron chi connectivity index (χ2n) is 3.61. The van der Waals surface area contributed by atoms with Crippen LogP contribution in [0, 0.1) is 0 Å². The molecule has 0 saturated heterocycles. The van der Waals surface area contributed by atoms with Crippen molar-refractivity contribution in [3.05, 3.63) is 24.3 Å². The van der Waals surface area contributed by atoms with Crippen LogP contribution in [-0.2, 0) is 4.74 Å². The summed E-state index contributed by atoms with van der Waals surface area (Å²) in [5, 5.41) is 3.93. The van der Waals surface area contributed by atoms with Crippen LogP contribution in [0.1, 0.15) is 13.8 Å². The number of ether oxygens (including phenoxy) is 1. The van der Waals surface area contributed by atoms with Gasteiger partial charge < -0.3 is 10.1 Å². The molecule has 0 aromatic heterocycles. The maximum absolute atomic E-state index is 4.97. The largest absolute Gasteiger partial charge is 0.383 e. The SMILES string of the molecule is COCCNc1ccc(SC(C)C)cc1. The van der Waals surface area contributed by atoms with E-state index in [9.17, 15) is 0 Å². The quantitative estimate of drug-likeness (QED) is 0.593. The molecule has 0 aliphatic rings. The third-order valence-electron chi connectivity index (χ3n) is 1.86. The van der Waals surface area contributed by atoms with Gasteiger partial charge in [0, 0.05) is 29.5 Å². The molecule has 15 heavy (non-hydrogen) atoms.